The Labute approximate surface area is 227 Å². The third-order valence-electron chi connectivity index (χ3n) is 6.51. The van der Waals surface area contributed by atoms with Crippen LogP contribution in [0.3, 0.4) is 0 Å². The normalized spacial score (nSPS) is 16.5. The molecule has 0 fully saturated rings. The van der Waals surface area contributed by atoms with Gasteiger partial charge in [-0.1, -0.05) is 57.3 Å². The molecule has 37 heavy (non-hydrogen) atoms. The molecule has 204 valence electrons. The largest absolute Gasteiger partial charge is 0.469 e. The van der Waals surface area contributed by atoms with Crippen molar-refractivity contribution in [2.75, 3.05) is 18.7 Å². The fourth-order valence-corrected chi connectivity index (χ4v) is 4.33. The number of hydrogen-bond acceptors (Lipinski definition) is 7. The monoisotopic (exact) mass is 555 g/mol. The summed E-state index contributed by atoms with van der Waals surface area (Å²) in [5.74, 6) is -2.75. The van der Waals surface area contributed by atoms with E-state index >= 15 is 0 Å². The van der Waals surface area contributed by atoms with E-state index in [2.05, 4.69) is 10.4 Å². The second kappa shape index (κ2) is 13.8. The molecular formula is C26H35Cl2N3O6. The Balaban J connectivity index is 2.15. The number of amides is 2. The summed E-state index contributed by atoms with van der Waals surface area (Å²) in [7, 11) is 1.28. The van der Waals surface area contributed by atoms with Crippen LogP contribution in [0.5, 0.6) is 0 Å². The van der Waals surface area contributed by atoms with Gasteiger partial charge in [0.25, 0.3) is 5.91 Å². The molecule has 3 unspecified atom stereocenters. The lowest BCUT2D eigenvalue weighted by molar-refractivity contribution is -0.152. The Bertz CT molecular complexity index is 1050. The molecule has 0 bridgehead atoms. The summed E-state index contributed by atoms with van der Waals surface area (Å²) in [6.45, 7) is 7.58. The van der Waals surface area contributed by atoms with Gasteiger partial charge in [0.2, 0.25) is 5.91 Å². The van der Waals surface area contributed by atoms with Gasteiger partial charge in [-0.25, -0.2) is 0 Å². The molecule has 1 aromatic rings. The second-order valence-electron chi connectivity index (χ2n) is 9.48. The summed E-state index contributed by atoms with van der Waals surface area (Å²) in [6, 6.07) is 4.67. The quantitative estimate of drug-likeness (QED) is 0.282. The molecule has 1 aliphatic rings. The third kappa shape index (κ3) is 8.17. The molecule has 2 rings (SSSR count). The first-order chi connectivity index (χ1) is 17.4. The number of rotatable bonds is 12. The summed E-state index contributed by atoms with van der Waals surface area (Å²) in [5, 5.41) is 8.76. The van der Waals surface area contributed by atoms with Crippen LogP contribution in [0.15, 0.2) is 23.3 Å². The Hall–Kier alpha value is -2.65. The van der Waals surface area contributed by atoms with Crippen molar-refractivity contribution < 1.29 is 28.7 Å². The van der Waals surface area contributed by atoms with Gasteiger partial charge in [-0.15, -0.1) is 0 Å². The van der Waals surface area contributed by atoms with E-state index in [9.17, 15) is 19.2 Å². The van der Waals surface area contributed by atoms with Crippen molar-refractivity contribution in [2.45, 2.75) is 66.2 Å². The minimum absolute atomic E-state index is 0.130. The van der Waals surface area contributed by atoms with Crippen molar-refractivity contribution in [1.29, 1.82) is 0 Å². The molecule has 0 spiro atoms. The highest BCUT2D eigenvalue weighted by molar-refractivity contribution is 6.36. The van der Waals surface area contributed by atoms with Gasteiger partial charge in [0.05, 0.1) is 42.7 Å². The number of nitrogens with one attached hydrogen (secondary N) is 1. The highest BCUT2D eigenvalue weighted by Gasteiger charge is 2.40. The number of halogens is 2. The lowest BCUT2D eigenvalue weighted by Gasteiger charge is -2.31. The predicted molar refractivity (Wildman–Crippen MR) is 142 cm³/mol. The van der Waals surface area contributed by atoms with E-state index < -0.39 is 29.1 Å². The van der Waals surface area contributed by atoms with Gasteiger partial charge in [0.15, 0.2) is 0 Å². The molecular weight excluding hydrogens is 521 g/mol. The fraction of sp³-hybridized carbons (Fsp3) is 0.577. The maximum absolute atomic E-state index is 13.4. The van der Waals surface area contributed by atoms with Crippen LogP contribution in [-0.2, 0) is 28.7 Å². The molecule has 1 aliphatic heterocycles. The van der Waals surface area contributed by atoms with Gasteiger partial charge in [-0.3, -0.25) is 19.2 Å². The van der Waals surface area contributed by atoms with Crippen molar-refractivity contribution in [3.8, 4) is 0 Å². The topological polar surface area (TPSA) is 114 Å². The number of anilines is 1. The number of hydrogen-bond donors (Lipinski definition) is 1. The van der Waals surface area contributed by atoms with Gasteiger partial charge in [0, 0.05) is 10.4 Å². The molecule has 2 amide bonds. The van der Waals surface area contributed by atoms with Gasteiger partial charge in [-0.2, -0.15) is 10.1 Å². The summed E-state index contributed by atoms with van der Waals surface area (Å²) < 4.78 is 10.3. The number of benzene rings is 1. The summed E-state index contributed by atoms with van der Waals surface area (Å²) in [4.78, 5) is 50.9. The van der Waals surface area contributed by atoms with E-state index in [0.29, 0.717) is 23.7 Å². The minimum Gasteiger partial charge on any atom is -0.469 e. The highest BCUT2D eigenvalue weighted by Crippen LogP contribution is 2.35. The van der Waals surface area contributed by atoms with Crippen LogP contribution in [0, 0.1) is 17.3 Å². The summed E-state index contributed by atoms with van der Waals surface area (Å²) >= 11 is 12.2. The molecule has 1 heterocycles. The third-order valence-corrected chi connectivity index (χ3v) is 7.07. The van der Waals surface area contributed by atoms with Crippen LogP contribution in [-0.4, -0.2) is 43.3 Å². The number of carbonyl (C=O) groups excluding carboxylic acids is 4. The Morgan fingerprint density at radius 1 is 1.22 bits per heavy atom. The van der Waals surface area contributed by atoms with Crippen LogP contribution in [0.25, 0.3) is 0 Å². The number of hydrazone groups is 1. The van der Waals surface area contributed by atoms with Crippen molar-refractivity contribution in [2.24, 2.45) is 22.4 Å². The van der Waals surface area contributed by atoms with Gasteiger partial charge < -0.3 is 14.8 Å². The van der Waals surface area contributed by atoms with E-state index in [4.69, 9.17) is 32.7 Å². The smallest absolute Gasteiger partial charge is 0.308 e. The molecule has 0 saturated carbocycles. The summed E-state index contributed by atoms with van der Waals surface area (Å²) in [6.07, 6.45) is 2.25. The highest BCUT2D eigenvalue weighted by atomic mass is 35.5. The zero-order valence-corrected chi connectivity index (χ0v) is 23.4. The molecule has 0 saturated heterocycles. The number of ether oxygens (including phenoxy) is 2. The van der Waals surface area contributed by atoms with E-state index in [1.807, 2.05) is 13.8 Å². The van der Waals surface area contributed by atoms with Crippen LogP contribution < -0.4 is 10.3 Å². The SMILES string of the molecule is CCCCOC(=O)C(C)CC(CC(C)(CC)C(=O)NC1=NN(c2cc(Cl)ccc2Cl)C(=O)C1)C(=O)OC. The average molecular weight is 556 g/mol. The number of methoxy groups -OCH3 is 1. The fourth-order valence-electron chi connectivity index (χ4n) is 3.97. The van der Waals surface area contributed by atoms with Gasteiger partial charge in [0.1, 0.15) is 5.84 Å². The van der Waals surface area contributed by atoms with Crippen LogP contribution in [0.2, 0.25) is 10.0 Å². The van der Waals surface area contributed by atoms with Crippen molar-refractivity contribution in [3.05, 3.63) is 28.2 Å². The zero-order valence-electron chi connectivity index (χ0n) is 21.9. The van der Waals surface area contributed by atoms with E-state index in [0.717, 1.165) is 17.9 Å². The molecule has 0 aromatic heterocycles. The Kier molecular flexibility index (Phi) is 11.4. The number of esters is 2. The first-order valence-corrected chi connectivity index (χ1v) is 13.1. The molecule has 1 aromatic carbocycles. The van der Waals surface area contributed by atoms with E-state index in [-0.39, 0.29) is 42.0 Å². The first kappa shape index (κ1) is 30.6. The number of amidine groups is 1. The maximum atomic E-state index is 13.4. The molecule has 3 atom stereocenters. The number of nitrogens with zero attached hydrogens (tertiary/aromatic N) is 2. The van der Waals surface area contributed by atoms with Gasteiger partial charge >= 0.3 is 11.9 Å². The second-order valence-corrected chi connectivity index (χ2v) is 10.3. The van der Waals surface area contributed by atoms with Crippen LogP contribution in [0.4, 0.5) is 5.69 Å². The molecule has 0 radical (unpaired) electrons. The van der Waals surface area contributed by atoms with Crippen molar-refractivity contribution >= 4 is 58.5 Å². The molecule has 9 nitrogen and oxygen atoms in total. The van der Waals surface area contributed by atoms with Crippen molar-refractivity contribution in [1.82, 2.24) is 5.32 Å². The predicted octanol–water partition coefficient (Wildman–Crippen LogP) is 5.12. The maximum Gasteiger partial charge on any atom is 0.308 e. The lowest BCUT2D eigenvalue weighted by Crippen LogP contribution is -2.43. The Morgan fingerprint density at radius 3 is 2.54 bits per heavy atom. The number of carbonyl (C=O) groups is 4. The molecule has 1 N–H and O–H groups in total. The Morgan fingerprint density at radius 2 is 1.92 bits per heavy atom. The lowest BCUT2D eigenvalue weighted by atomic mass is 9.75. The first-order valence-electron chi connectivity index (χ1n) is 12.4. The van der Waals surface area contributed by atoms with Gasteiger partial charge in [-0.05, 0) is 43.9 Å². The molecule has 11 heteroatoms. The zero-order chi connectivity index (χ0) is 27.8. The minimum atomic E-state index is -1.00. The number of unbranched alkanes of at least 4 members (excludes halogenated alkanes) is 1. The van der Waals surface area contributed by atoms with E-state index in [1.54, 1.807) is 26.0 Å². The van der Waals surface area contributed by atoms with Crippen LogP contribution in [0.1, 0.15) is 66.2 Å². The summed E-state index contributed by atoms with van der Waals surface area (Å²) in [5.41, 5.74) is -0.690. The van der Waals surface area contributed by atoms with Crippen molar-refractivity contribution in [3.63, 3.8) is 0 Å². The van der Waals surface area contributed by atoms with Crippen LogP contribution >= 0.6 is 23.2 Å². The molecule has 0 aliphatic carbocycles. The van der Waals surface area contributed by atoms with E-state index in [1.165, 1.54) is 13.2 Å². The standard InChI is InChI=1S/C26H35Cl2N3O6/c1-6-8-11-37-23(33)16(3)12-17(24(34)36-5)15-26(4,7-2)25(35)29-21-14-22(32)31(30-21)20-13-18(27)9-10-19(20)28/h9-10,13,16-17H,6-8,11-12,14-15H2,1-5H3,(H,29,30,35). The average Bonchev–Trinajstić information content (AvgIpc) is 3.23.